The van der Waals surface area contributed by atoms with Crippen molar-refractivity contribution in [2.45, 2.75) is 19.4 Å². The average molecular weight is 259 g/mol. The summed E-state index contributed by atoms with van der Waals surface area (Å²) in [6, 6.07) is 1.49. The Bertz CT molecular complexity index is 446. The summed E-state index contributed by atoms with van der Waals surface area (Å²) in [5, 5.41) is 0.695. The third-order valence-corrected chi connectivity index (χ3v) is 2.94. The summed E-state index contributed by atoms with van der Waals surface area (Å²) >= 11 is 11.6. The van der Waals surface area contributed by atoms with Crippen LogP contribution in [0.5, 0.6) is 0 Å². The lowest BCUT2D eigenvalue weighted by Crippen LogP contribution is -2.28. The molecule has 0 aliphatic carbocycles. The van der Waals surface area contributed by atoms with Gasteiger partial charge >= 0.3 is 0 Å². The molecule has 84 valence electrons. The molecule has 0 N–H and O–H groups in total. The van der Waals surface area contributed by atoms with Crippen LogP contribution in [-0.4, -0.2) is 21.7 Å². The number of nitrogens with zero attached hydrogens (tertiary/aromatic N) is 2. The second-order valence-electron chi connectivity index (χ2n) is 3.47. The summed E-state index contributed by atoms with van der Waals surface area (Å²) in [7, 11) is 0. The van der Waals surface area contributed by atoms with Crippen molar-refractivity contribution in [1.29, 1.82) is 0 Å². The smallest absolute Gasteiger partial charge is 0.229 e. The van der Waals surface area contributed by atoms with Crippen molar-refractivity contribution in [1.82, 2.24) is 9.88 Å². The van der Waals surface area contributed by atoms with Gasteiger partial charge in [0.25, 0.3) is 0 Å². The van der Waals surface area contributed by atoms with E-state index >= 15 is 0 Å². The number of imide groups is 1. The van der Waals surface area contributed by atoms with Gasteiger partial charge in [-0.15, -0.1) is 0 Å². The highest BCUT2D eigenvalue weighted by Gasteiger charge is 2.29. The molecular weight excluding hydrogens is 251 g/mol. The Morgan fingerprint density at radius 1 is 1.25 bits per heavy atom. The van der Waals surface area contributed by atoms with Crippen LogP contribution in [0.2, 0.25) is 10.2 Å². The molecule has 1 aromatic heterocycles. The van der Waals surface area contributed by atoms with Crippen LogP contribution in [-0.2, 0) is 16.1 Å². The molecule has 1 saturated heterocycles. The predicted octanol–water partition coefficient (Wildman–Crippen LogP) is 2.04. The maximum absolute atomic E-state index is 11.4. The van der Waals surface area contributed by atoms with Gasteiger partial charge < -0.3 is 0 Å². The zero-order chi connectivity index (χ0) is 11.7. The zero-order valence-electron chi connectivity index (χ0n) is 8.24. The highest BCUT2D eigenvalue weighted by Crippen LogP contribution is 2.22. The summed E-state index contributed by atoms with van der Waals surface area (Å²) in [6.07, 6.45) is 2.03. The summed E-state index contributed by atoms with van der Waals surface area (Å²) < 4.78 is 0. The van der Waals surface area contributed by atoms with E-state index in [-0.39, 0.29) is 36.4 Å². The summed E-state index contributed by atoms with van der Waals surface area (Å²) in [6.45, 7) is 0.167. The second kappa shape index (κ2) is 4.39. The molecule has 0 aromatic carbocycles. The van der Waals surface area contributed by atoms with Crippen LogP contribution in [0.3, 0.4) is 0 Å². The van der Waals surface area contributed by atoms with Gasteiger partial charge in [-0.3, -0.25) is 14.5 Å². The van der Waals surface area contributed by atoms with Crippen molar-refractivity contribution < 1.29 is 9.59 Å². The van der Waals surface area contributed by atoms with Crippen LogP contribution in [0.1, 0.15) is 18.4 Å². The molecule has 0 unspecified atom stereocenters. The summed E-state index contributed by atoms with van der Waals surface area (Å²) in [5.74, 6) is -0.341. The summed E-state index contributed by atoms with van der Waals surface area (Å²) in [4.78, 5) is 27.8. The SMILES string of the molecule is O=C1CCC(=O)N1Cc1cnc(Cl)cc1Cl. The Balaban J connectivity index is 2.20. The van der Waals surface area contributed by atoms with E-state index in [2.05, 4.69) is 4.98 Å². The van der Waals surface area contributed by atoms with Gasteiger partial charge in [0.15, 0.2) is 0 Å². The fourth-order valence-electron chi connectivity index (χ4n) is 1.52. The van der Waals surface area contributed by atoms with Crippen molar-refractivity contribution in [2.75, 3.05) is 0 Å². The Morgan fingerprint density at radius 2 is 1.88 bits per heavy atom. The van der Waals surface area contributed by atoms with E-state index < -0.39 is 0 Å². The van der Waals surface area contributed by atoms with E-state index in [0.717, 1.165) is 0 Å². The molecule has 2 rings (SSSR count). The quantitative estimate of drug-likeness (QED) is 0.603. The number of carbonyl (C=O) groups is 2. The van der Waals surface area contributed by atoms with E-state index in [0.29, 0.717) is 10.6 Å². The van der Waals surface area contributed by atoms with Gasteiger partial charge in [0, 0.05) is 24.6 Å². The number of carbonyl (C=O) groups excluding carboxylic acids is 2. The van der Waals surface area contributed by atoms with Crippen LogP contribution in [0.25, 0.3) is 0 Å². The molecule has 4 nitrogen and oxygen atoms in total. The van der Waals surface area contributed by atoms with Gasteiger partial charge in [0.05, 0.1) is 11.6 Å². The molecule has 2 amide bonds. The van der Waals surface area contributed by atoms with Crippen molar-refractivity contribution in [3.8, 4) is 0 Å². The Hall–Kier alpha value is -1.13. The second-order valence-corrected chi connectivity index (χ2v) is 4.27. The van der Waals surface area contributed by atoms with E-state index in [4.69, 9.17) is 23.2 Å². The van der Waals surface area contributed by atoms with Gasteiger partial charge in [-0.05, 0) is 6.07 Å². The minimum Gasteiger partial charge on any atom is -0.278 e. The molecule has 16 heavy (non-hydrogen) atoms. The number of hydrogen-bond donors (Lipinski definition) is 0. The highest BCUT2D eigenvalue weighted by molar-refractivity contribution is 6.34. The first-order valence-electron chi connectivity index (χ1n) is 4.71. The number of halogens is 2. The number of aromatic nitrogens is 1. The molecule has 2 heterocycles. The van der Waals surface area contributed by atoms with Gasteiger partial charge in [-0.2, -0.15) is 0 Å². The number of likely N-dealkylation sites (tertiary alicyclic amines) is 1. The maximum Gasteiger partial charge on any atom is 0.229 e. The lowest BCUT2D eigenvalue weighted by atomic mass is 10.2. The van der Waals surface area contributed by atoms with E-state index in [1.54, 1.807) is 0 Å². The largest absolute Gasteiger partial charge is 0.278 e. The van der Waals surface area contributed by atoms with Gasteiger partial charge in [0.2, 0.25) is 11.8 Å². The molecule has 0 spiro atoms. The monoisotopic (exact) mass is 258 g/mol. The van der Waals surface area contributed by atoms with Crippen LogP contribution < -0.4 is 0 Å². The third-order valence-electron chi connectivity index (χ3n) is 2.38. The molecule has 0 bridgehead atoms. The van der Waals surface area contributed by atoms with E-state index in [1.165, 1.54) is 17.2 Å². The van der Waals surface area contributed by atoms with Crippen LogP contribution in [0.15, 0.2) is 12.3 Å². The lowest BCUT2D eigenvalue weighted by Gasteiger charge is -2.14. The van der Waals surface area contributed by atoms with Crippen molar-refractivity contribution >= 4 is 35.0 Å². The molecule has 1 aliphatic heterocycles. The molecule has 0 radical (unpaired) electrons. The van der Waals surface area contributed by atoms with Gasteiger partial charge in [-0.25, -0.2) is 4.98 Å². The minimum atomic E-state index is -0.170. The number of pyridine rings is 1. The predicted molar refractivity (Wildman–Crippen MR) is 59.0 cm³/mol. The van der Waals surface area contributed by atoms with Crippen LogP contribution in [0, 0.1) is 0 Å². The Morgan fingerprint density at radius 3 is 2.44 bits per heavy atom. The highest BCUT2D eigenvalue weighted by atomic mass is 35.5. The normalized spacial score (nSPS) is 16.0. The van der Waals surface area contributed by atoms with Crippen molar-refractivity contribution in [2.24, 2.45) is 0 Å². The topological polar surface area (TPSA) is 50.3 Å². The Labute approximate surface area is 102 Å². The lowest BCUT2D eigenvalue weighted by molar-refractivity contribution is -0.139. The fraction of sp³-hybridized carbons (Fsp3) is 0.300. The molecule has 1 aliphatic rings. The fourth-order valence-corrected chi connectivity index (χ4v) is 1.95. The first-order chi connectivity index (χ1) is 7.58. The van der Waals surface area contributed by atoms with E-state index in [9.17, 15) is 9.59 Å². The average Bonchev–Trinajstić information content (AvgIpc) is 2.53. The van der Waals surface area contributed by atoms with Crippen LogP contribution >= 0.6 is 23.2 Å². The van der Waals surface area contributed by atoms with Gasteiger partial charge in [0.1, 0.15) is 5.15 Å². The zero-order valence-corrected chi connectivity index (χ0v) is 9.75. The van der Waals surface area contributed by atoms with Crippen molar-refractivity contribution in [3.05, 3.63) is 28.0 Å². The van der Waals surface area contributed by atoms with Crippen LogP contribution in [0.4, 0.5) is 0 Å². The number of rotatable bonds is 2. The standard InChI is InChI=1S/C10H8Cl2N2O2/c11-7-3-8(12)13-4-6(7)5-14-9(15)1-2-10(14)16/h3-4H,1-2,5H2. The molecule has 0 saturated carbocycles. The van der Waals surface area contributed by atoms with Gasteiger partial charge in [-0.1, -0.05) is 23.2 Å². The first kappa shape index (κ1) is 11.4. The summed E-state index contributed by atoms with van der Waals surface area (Å²) in [5.41, 5.74) is 0.620. The third kappa shape index (κ3) is 2.18. The molecule has 1 fully saturated rings. The number of hydrogen-bond acceptors (Lipinski definition) is 3. The molecule has 0 atom stereocenters. The molecular formula is C10H8Cl2N2O2. The first-order valence-corrected chi connectivity index (χ1v) is 5.46. The number of amides is 2. The Kier molecular flexibility index (Phi) is 3.12. The minimum absolute atomic E-state index is 0.167. The molecule has 1 aromatic rings. The molecule has 6 heteroatoms. The van der Waals surface area contributed by atoms with E-state index in [1.807, 2.05) is 0 Å². The van der Waals surface area contributed by atoms with Crippen molar-refractivity contribution in [3.63, 3.8) is 0 Å². The maximum atomic E-state index is 11.4.